The van der Waals surface area contributed by atoms with Crippen LogP contribution in [0.2, 0.25) is 0 Å². The number of fused-ring (bicyclic) bond motifs is 1. The van der Waals surface area contributed by atoms with Crippen molar-refractivity contribution in [1.29, 1.82) is 0 Å². The van der Waals surface area contributed by atoms with Crippen molar-refractivity contribution in [3.63, 3.8) is 0 Å². The summed E-state index contributed by atoms with van der Waals surface area (Å²) in [4.78, 5) is 62.5. The summed E-state index contributed by atoms with van der Waals surface area (Å²) >= 11 is 6.14. The molecule has 1 unspecified atom stereocenters. The number of halogens is 1. The van der Waals surface area contributed by atoms with Crippen LogP contribution in [0, 0.1) is 0 Å². The third kappa shape index (κ3) is 2.39. The number of esters is 1. The number of imide groups is 1. The number of amides is 3. The number of rotatable bonds is 5. The smallest absolute Gasteiger partial charge is 0.336 e. The van der Waals surface area contributed by atoms with Gasteiger partial charge in [-0.2, -0.15) is 0 Å². The van der Waals surface area contributed by atoms with E-state index >= 15 is 0 Å². The molecule has 26 heavy (non-hydrogen) atoms. The summed E-state index contributed by atoms with van der Waals surface area (Å²) in [6.07, 6.45) is 0. The molecule has 1 saturated heterocycles. The minimum atomic E-state index is -1.74. The van der Waals surface area contributed by atoms with Gasteiger partial charge in [-0.15, -0.1) is 0 Å². The molecular weight excluding hydrogens is 368 g/mol. The monoisotopic (exact) mass is 380 g/mol. The average Bonchev–Trinajstić information content (AvgIpc) is 2.90. The van der Waals surface area contributed by atoms with Crippen molar-refractivity contribution in [2.24, 2.45) is 0 Å². The van der Waals surface area contributed by atoms with Gasteiger partial charge in [0.1, 0.15) is 12.1 Å². The molecule has 1 aromatic carbocycles. The first-order valence-corrected chi connectivity index (χ1v) is 7.93. The summed E-state index contributed by atoms with van der Waals surface area (Å²) in [7, 11) is 1.01. The number of hydrogen-bond donors (Lipinski definition) is 1. The first-order chi connectivity index (χ1) is 12.3. The molecule has 0 saturated carbocycles. The van der Waals surface area contributed by atoms with Crippen molar-refractivity contribution < 1.29 is 33.8 Å². The standard InChI is InChI=1S/C16H13ClN2O7/c1-26-16(25)10(9(21)6-20)18-12(17)11(15(18)24)19-13(22)7-4-2-3-5-8(7)14(19)23/h2-5,10-12,20H,6H2,1H3/t10?,11-,12+/m1/s1. The van der Waals surface area contributed by atoms with E-state index in [2.05, 4.69) is 4.74 Å². The predicted octanol–water partition coefficient (Wildman–Crippen LogP) is -0.839. The molecule has 10 heteroatoms. The lowest BCUT2D eigenvalue weighted by Gasteiger charge is -2.48. The first kappa shape index (κ1) is 18.0. The third-order valence-electron chi connectivity index (χ3n) is 4.30. The van der Waals surface area contributed by atoms with E-state index in [1.807, 2.05) is 0 Å². The van der Waals surface area contributed by atoms with Gasteiger partial charge in [0, 0.05) is 0 Å². The van der Waals surface area contributed by atoms with E-state index in [1.165, 1.54) is 12.1 Å². The number of ketones is 1. The second kappa shape index (κ2) is 6.50. The summed E-state index contributed by atoms with van der Waals surface area (Å²) in [5.74, 6) is -4.30. The molecule has 3 rings (SSSR count). The molecule has 1 N–H and O–H groups in total. The molecule has 0 radical (unpaired) electrons. The Morgan fingerprint density at radius 2 is 1.73 bits per heavy atom. The molecule has 0 bridgehead atoms. The second-order valence-electron chi connectivity index (χ2n) is 5.64. The highest BCUT2D eigenvalue weighted by Crippen LogP contribution is 2.36. The maximum atomic E-state index is 12.5. The minimum absolute atomic E-state index is 0.142. The number of nitrogens with zero attached hydrogens (tertiary/aromatic N) is 2. The van der Waals surface area contributed by atoms with Gasteiger partial charge in [-0.05, 0) is 12.1 Å². The minimum Gasteiger partial charge on any atom is -0.467 e. The van der Waals surface area contributed by atoms with Crippen LogP contribution in [0.25, 0.3) is 0 Å². The molecule has 3 amide bonds. The average molecular weight is 381 g/mol. The number of benzene rings is 1. The molecule has 3 atom stereocenters. The Morgan fingerprint density at radius 1 is 1.19 bits per heavy atom. The SMILES string of the molecule is COC(=O)C(C(=O)CO)N1C(=O)[C@H](N2C(=O)c3ccccc3C2=O)[C@H]1Cl. The van der Waals surface area contributed by atoms with E-state index in [-0.39, 0.29) is 11.1 Å². The fourth-order valence-electron chi connectivity index (χ4n) is 3.02. The molecule has 2 heterocycles. The number of carbonyl (C=O) groups is 5. The number of hydrogen-bond acceptors (Lipinski definition) is 7. The van der Waals surface area contributed by atoms with E-state index in [4.69, 9.17) is 16.7 Å². The van der Waals surface area contributed by atoms with Crippen LogP contribution in [0.5, 0.6) is 0 Å². The highest BCUT2D eigenvalue weighted by Gasteiger charge is 2.60. The lowest BCUT2D eigenvalue weighted by Crippen LogP contribution is -2.74. The fraction of sp³-hybridized carbons (Fsp3) is 0.312. The quantitative estimate of drug-likeness (QED) is 0.176. The molecule has 1 aromatic rings. The Hall–Kier alpha value is -2.78. The fourth-order valence-corrected chi connectivity index (χ4v) is 3.45. The van der Waals surface area contributed by atoms with Crippen LogP contribution in [0.3, 0.4) is 0 Å². The zero-order valence-corrected chi connectivity index (χ0v) is 14.2. The number of Topliss-reactive ketones (excluding diaryl/α,β-unsaturated/α-hetero) is 1. The van der Waals surface area contributed by atoms with Gasteiger partial charge in [0.05, 0.1) is 18.2 Å². The van der Waals surface area contributed by atoms with Gasteiger partial charge in [0.15, 0.2) is 17.9 Å². The number of methoxy groups -OCH3 is 1. The zero-order valence-electron chi connectivity index (χ0n) is 13.4. The van der Waals surface area contributed by atoms with Crippen molar-refractivity contribution in [2.45, 2.75) is 17.6 Å². The molecule has 0 spiro atoms. The Kier molecular flexibility index (Phi) is 4.51. The van der Waals surface area contributed by atoms with Gasteiger partial charge in [-0.25, -0.2) is 4.79 Å². The number of carbonyl (C=O) groups excluding carboxylic acids is 5. The molecular formula is C16H13ClN2O7. The van der Waals surface area contributed by atoms with E-state index in [0.717, 1.165) is 12.0 Å². The van der Waals surface area contributed by atoms with Crippen molar-refractivity contribution in [3.8, 4) is 0 Å². The first-order valence-electron chi connectivity index (χ1n) is 7.49. The van der Waals surface area contributed by atoms with Crippen molar-refractivity contribution in [3.05, 3.63) is 35.4 Å². The Balaban J connectivity index is 1.89. The predicted molar refractivity (Wildman–Crippen MR) is 85.1 cm³/mol. The van der Waals surface area contributed by atoms with Gasteiger partial charge in [0.2, 0.25) is 0 Å². The van der Waals surface area contributed by atoms with Gasteiger partial charge in [-0.3, -0.25) is 24.1 Å². The molecule has 9 nitrogen and oxygen atoms in total. The van der Waals surface area contributed by atoms with Crippen molar-refractivity contribution in [1.82, 2.24) is 9.80 Å². The van der Waals surface area contributed by atoms with Crippen LogP contribution in [0.4, 0.5) is 0 Å². The van der Waals surface area contributed by atoms with Crippen molar-refractivity contribution >= 4 is 41.1 Å². The van der Waals surface area contributed by atoms with Crippen LogP contribution in [-0.4, -0.2) is 75.7 Å². The van der Waals surface area contributed by atoms with Gasteiger partial charge >= 0.3 is 5.97 Å². The lowest BCUT2D eigenvalue weighted by atomic mass is 9.99. The molecule has 2 aliphatic heterocycles. The van der Waals surface area contributed by atoms with E-state index < -0.39 is 53.7 Å². The Labute approximate surface area is 152 Å². The summed E-state index contributed by atoms with van der Waals surface area (Å²) in [6, 6.07) is 2.95. The molecule has 0 aliphatic carbocycles. The molecule has 2 aliphatic rings. The van der Waals surface area contributed by atoms with Crippen molar-refractivity contribution in [2.75, 3.05) is 13.7 Å². The second-order valence-corrected chi connectivity index (χ2v) is 6.09. The third-order valence-corrected chi connectivity index (χ3v) is 4.75. The molecule has 0 aromatic heterocycles. The normalized spacial score (nSPS) is 22.8. The summed E-state index contributed by atoms with van der Waals surface area (Å²) in [5.41, 5.74) is -1.03. The number of likely N-dealkylation sites (tertiary alicyclic amines) is 1. The summed E-state index contributed by atoms with van der Waals surface area (Å²) in [5, 5.41) is 9.01. The van der Waals surface area contributed by atoms with E-state index in [9.17, 15) is 24.0 Å². The van der Waals surface area contributed by atoms with Gasteiger partial charge in [-0.1, -0.05) is 23.7 Å². The van der Waals surface area contributed by atoms with Crippen LogP contribution < -0.4 is 0 Å². The van der Waals surface area contributed by atoms with Gasteiger partial charge < -0.3 is 14.7 Å². The Bertz CT molecular complexity index is 789. The molecule has 1 fully saturated rings. The zero-order chi connectivity index (χ0) is 19.2. The summed E-state index contributed by atoms with van der Waals surface area (Å²) in [6.45, 7) is -1.01. The van der Waals surface area contributed by atoms with Crippen LogP contribution in [0.1, 0.15) is 20.7 Å². The van der Waals surface area contributed by atoms with Crippen LogP contribution in [-0.2, 0) is 19.1 Å². The summed E-state index contributed by atoms with van der Waals surface area (Å²) < 4.78 is 4.47. The number of ether oxygens (including phenoxy) is 1. The van der Waals surface area contributed by atoms with Crippen LogP contribution in [0.15, 0.2) is 24.3 Å². The lowest BCUT2D eigenvalue weighted by molar-refractivity contribution is -0.169. The number of β-lactam (4-membered cyclic amide) rings is 1. The largest absolute Gasteiger partial charge is 0.467 e. The highest BCUT2D eigenvalue weighted by atomic mass is 35.5. The number of aliphatic hydroxyl groups is 1. The maximum absolute atomic E-state index is 12.5. The van der Waals surface area contributed by atoms with E-state index in [0.29, 0.717) is 4.90 Å². The van der Waals surface area contributed by atoms with Crippen LogP contribution >= 0.6 is 11.6 Å². The number of aliphatic hydroxyl groups excluding tert-OH is 1. The molecule has 136 valence electrons. The number of alkyl halides is 1. The topological polar surface area (TPSA) is 121 Å². The van der Waals surface area contributed by atoms with Gasteiger partial charge in [0.25, 0.3) is 17.7 Å². The highest BCUT2D eigenvalue weighted by molar-refractivity contribution is 6.30. The maximum Gasteiger partial charge on any atom is 0.336 e. The Morgan fingerprint density at radius 3 is 2.15 bits per heavy atom. The van der Waals surface area contributed by atoms with E-state index in [1.54, 1.807) is 12.1 Å².